The number of hydrogen-bond donors (Lipinski definition) is 1. The fourth-order valence-electron chi connectivity index (χ4n) is 3.72. The Hall–Kier alpha value is -2.83. The molecule has 0 aliphatic rings. The molecule has 0 radical (unpaired) electrons. The van der Waals surface area contributed by atoms with Crippen LogP contribution in [0.1, 0.15) is 37.0 Å². The summed E-state index contributed by atoms with van der Waals surface area (Å²) >= 11 is 7.43. The van der Waals surface area contributed by atoms with Crippen molar-refractivity contribution in [2.45, 2.75) is 51.1 Å². The maximum Gasteiger partial charge on any atom is 0.243 e. The molecule has 0 aromatic heterocycles. The van der Waals surface area contributed by atoms with Crippen LogP contribution in [-0.4, -0.2) is 34.6 Å². The lowest BCUT2D eigenvalue weighted by atomic mass is 10.0. The zero-order valence-electron chi connectivity index (χ0n) is 20.6. The fraction of sp³-hybridized carbons (Fsp3) is 0.310. The molecule has 7 heteroatoms. The number of rotatable bonds is 12. The molecule has 1 N–H and O–H groups in total. The summed E-state index contributed by atoms with van der Waals surface area (Å²) < 4.78 is 14.6. The highest BCUT2D eigenvalue weighted by molar-refractivity contribution is 7.99. The van der Waals surface area contributed by atoms with Crippen LogP contribution in [-0.2, 0) is 28.3 Å². The second kappa shape index (κ2) is 14.0. The Morgan fingerprint density at radius 1 is 0.972 bits per heavy atom. The summed E-state index contributed by atoms with van der Waals surface area (Å²) in [5.74, 6) is -0.0550. The number of nitrogens with one attached hydrogen (secondary N) is 1. The zero-order valence-corrected chi connectivity index (χ0v) is 22.2. The average molecular weight is 527 g/mol. The molecule has 0 bridgehead atoms. The van der Waals surface area contributed by atoms with Crippen LogP contribution in [0.5, 0.6) is 0 Å². The van der Waals surface area contributed by atoms with E-state index in [1.165, 1.54) is 22.7 Å². The van der Waals surface area contributed by atoms with Crippen molar-refractivity contribution in [2.75, 3.05) is 5.75 Å². The molecule has 2 amide bonds. The molecule has 4 nitrogen and oxygen atoms in total. The molecule has 0 saturated heterocycles. The van der Waals surface area contributed by atoms with Crippen molar-refractivity contribution >= 4 is 35.2 Å². The van der Waals surface area contributed by atoms with Gasteiger partial charge in [-0.05, 0) is 42.7 Å². The number of hydrogen-bond acceptors (Lipinski definition) is 3. The second-order valence-electron chi connectivity index (χ2n) is 8.76. The minimum atomic E-state index is -0.773. The summed E-state index contributed by atoms with van der Waals surface area (Å²) in [5, 5.41) is 3.69. The summed E-state index contributed by atoms with van der Waals surface area (Å²) in [6.07, 6.45) is 1.10. The third kappa shape index (κ3) is 8.38. The predicted molar refractivity (Wildman–Crippen MR) is 146 cm³/mol. The van der Waals surface area contributed by atoms with Gasteiger partial charge in [-0.3, -0.25) is 9.59 Å². The van der Waals surface area contributed by atoms with Crippen LogP contribution < -0.4 is 5.32 Å². The fourth-order valence-corrected chi connectivity index (χ4v) is 4.72. The number of benzene rings is 3. The average Bonchev–Trinajstić information content (AvgIpc) is 2.88. The Morgan fingerprint density at radius 3 is 2.31 bits per heavy atom. The smallest absolute Gasteiger partial charge is 0.243 e. The molecular weight excluding hydrogens is 495 g/mol. The molecule has 3 aromatic carbocycles. The number of carbonyl (C=O) groups is 2. The highest BCUT2D eigenvalue weighted by Gasteiger charge is 2.31. The highest BCUT2D eigenvalue weighted by Crippen LogP contribution is 2.20. The van der Waals surface area contributed by atoms with Crippen LogP contribution >= 0.6 is 23.4 Å². The van der Waals surface area contributed by atoms with Gasteiger partial charge in [-0.2, -0.15) is 0 Å². The maximum absolute atomic E-state index is 14.6. The molecule has 3 aromatic rings. The number of nitrogens with zero attached hydrogens (tertiary/aromatic N) is 1. The van der Waals surface area contributed by atoms with Crippen molar-refractivity contribution in [1.82, 2.24) is 10.2 Å². The minimum Gasteiger partial charge on any atom is -0.352 e. The summed E-state index contributed by atoms with van der Waals surface area (Å²) in [7, 11) is 0. The highest BCUT2D eigenvalue weighted by atomic mass is 35.5. The molecule has 0 aliphatic carbocycles. The molecule has 190 valence electrons. The van der Waals surface area contributed by atoms with Gasteiger partial charge in [-0.1, -0.05) is 79.2 Å². The second-order valence-corrected chi connectivity index (χ2v) is 10.2. The third-order valence-corrected chi connectivity index (χ3v) is 7.22. The Balaban J connectivity index is 1.86. The summed E-state index contributed by atoms with van der Waals surface area (Å²) in [4.78, 5) is 28.5. The first-order valence-corrected chi connectivity index (χ1v) is 13.6. The monoisotopic (exact) mass is 526 g/mol. The number of halogens is 2. The van der Waals surface area contributed by atoms with Crippen LogP contribution in [0.25, 0.3) is 0 Å². The minimum absolute atomic E-state index is 0.0123. The Morgan fingerprint density at radius 2 is 1.64 bits per heavy atom. The number of amides is 2. The van der Waals surface area contributed by atoms with Gasteiger partial charge in [0.05, 0.1) is 5.75 Å². The summed E-state index contributed by atoms with van der Waals surface area (Å²) in [6, 6.07) is 22.6. The van der Waals surface area contributed by atoms with E-state index in [1.807, 2.05) is 68.4 Å². The number of carbonyl (C=O) groups excluding carboxylic acids is 2. The molecule has 36 heavy (non-hydrogen) atoms. The van der Waals surface area contributed by atoms with Gasteiger partial charge in [0.1, 0.15) is 11.9 Å². The van der Waals surface area contributed by atoms with Crippen molar-refractivity contribution in [3.8, 4) is 0 Å². The van der Waals surface area contributed by atoms with Crippen molar-refractivity contribution in [3.63, 3.8) is 0 Å². The van der Waals surface area contributed by atoms with Crippen LogP contribution in [0, 0.1) is 5.82 Å². The van der Waals surface area contributed by atoms with Gasteiger partial charge in [-0.25, -0.2) is 4.39 Å². The van der Waals surface area contributed by atoms with Crippen molar-refractivity contribution in [1.29, 1.82) is 0 Å². The summed E-state index contributed by atoms with van der Waals surface area (Å²) in [6.45, 7) is 3.94. The molecule has 2 atom stereocenters. The predicted octanol–water partition coefficient (Wildman–Crippen LogP) is 6.27. The van der Waals surface area contributed by atoms with Crippen LogP contribution in [0.15, 0.2) is 78.9 Å². The van der Waals surface area contributed by atoms with E-state index in [-0.39, 0.29) is 30.2 Å². The first kappa shape index (κ1) is 27.8. The third-order valence-electron chi connectivity index (χ3n) is 5.98. The van der Waals surface area contributed by atoms with Crippen LogP contribution in [0.2, 0.25) is 5.02 Å². The van der Waals surface area contributed by atoms with Crippen LogP contribution in [0.3, 0.4) is 0 Å². The molecule has 0 fully saturated rings. The van der Waals surface area contributed by atoms with E-state index < -0.39 is 11.9 Å². The first-order chi connectivity index (χ1) is 17.4. The van der Waals surface area contributed by atoms with E-state index in [1.54, 1.807) is 18.2 Å². The summed E-state index contributed by atoms with van der Waals surface area (Å²) in [5.41, 5.74) is 2.36. The van der Waals surface area contributed by atoms with Crippen molar-refractivity contribution in [3.05, 3.63) is 106 Å². The molecule has 0 heterocycles. The van der Waals surface area contributed by atoms with E-state index in [4.69, 9.17) is 11.6 Å². The van der Waals surface area contributed by atoms with E-state index in [9.17, 15) is 14.0 Å². The maximum atomic E-state index is 14.6. The van der Waals surface area contributed by atoms with Gasteiger partial charge in [0.15, 0.2) is 0 Å². The molecule has 3 rings (SSSR count). The lowest BCUT2D eigenvalue weighted by molar-refractivity contribution is -0.139. The molecule has 0 aliphatic heterocycles. The largest absolute Gasteiger partial charge is 0.352 e. The molecule has 0 unspecified atom stereocenters. The van der Waals surface area contributed by atoms with E-state index in [0.29, 0.717) is 22.8 Å². The normalized spacial score (nSPS) is 12.6. The molecular formula is C29H32ClFN2O2S. The van der Waals surface area contributed by atoms with Gasteiger partial charge in [0.25, 0.3) is 0 Å². The van der Waals surface area contributed by atoms with Gasteiger partial charge in [0, 0.05) is 35.3 Å². The zero-order chi connectivity index (χ0) is 25.9. The Kier molecular flexibility index (Phi) is 10.8. The standard InChI is InChI=1S/C29H32ClFN2O2S/c1-3-21(2)32-29(35)27(17-22-9-5-4-6-10-22)33(18-24-11-7-8-12-26(24)31)28(34)20-36-19-23-13-15-25(30)16-14-23/h4-16,21,27H,3,17-20H2,1-2H3,(H,32,35)/t21-,27-/m0/s1. The first-order valence-electron chi connectivity index (χ1n) is 12.1. The Labute approximate surface area is 222 Å². The van der Waals surface area contributed by atoms with E-state index >= 15 is 0 Å². The topological polar surface area (TPSA) is 49.4 Å². The van der Waals surface area contributed by atoms with Gasteiger partial charge < -0.3 is 10.2 Å². The van der Waals surface area contributed by atoms with E-state index in [2.05, 4.69) is 5.32 Å². The lowest BCUT2D eigenvalue weighted by Gasteiger charge is -2.32. The van der Waals surface area contributed by atoms with Gasteiger partial charge in [-0.15, -0.1) is 11.8 Å². The quantitative estimate of drug-likeness (QED) is 0.303. The SMILES string of the molecule is CC[C@H](C)NC(=O)[C@H](Cc1ccccc1)N(Cc1ccccc1F)C(=O)CSCc1ccc(Cl)cc1. The van der Waals surface area contributed by atoms with Gasteiger partial charge >= 0.3 is 0 Å². The van der Waals surface area contributed by atoms with Crippen molar-refractivity contribution < 1.29 is 14.0 Å². The lowest BCUT2D eigenvalue weighted by Crippen LogP contribution is -2.52. The molecule has 0 saturated carbocycles. The van der Waals surface area contributed by atoms with Crippen molar-refractivity contribution in [2.24, 2.45) is 0 Å². The van der Waals surface area contributed by atoms with E-state index in [0.717, 1.165) is 17.5 Å². The number of thioether (sulfide) groups is 1. The molecule has 0 spiro atoms. The van der Waals surface area contributed by atoms with Crippen LogP contribution in [0.4, 0.5) is 4.39 Å². The van der Waals surface area contributed by atoms with Gasteiger partial charge in [0.2, 0.25) is 11.8 Å². The Bertz CT molecular complexity index is 1130.